The van der Waals surface area contributed by atoms with Crippen molar-refractivity contribution in [1.29, 1.82) is 0 Å². The molecule has 1 N–H and O–H groups in total. The average Bonchev–Trinajstić information content (AvgIpc) is 3.16. The maximum Gasteiger partial charge on any atom is 0.262 e. The van der Waals surface area contributed by atoms with Crippen molar-refractivity contribution in [2.24, 2.45) is 0 Å². The molecule has 0 aliphatic heterocycles. The van der Waals surface area contributed by atoms with Gasteiger partial charge in [-0.05, 0) is 61.1 Å². The van der Waals surface area contributed by atoms with Gasteiger partial charge in [0.2, 0.25) is 0 Å². The molecular formula is C17H17N5O2S. The van der Waals surface area contributed by atoms with E-state index < -0.39 is 10.0 Å². The van der Waals surface area contributed by atoms with Gasteiger partial charge in [0.15, 0.2) is 5.82 Å². The Morgan fingerprint density at radius 2 is 1.92 bits per heavy atom. The van der Waals surface area contributed by atoms with Gasteiger partial charge in [-0.3, -0.25) is 4.72 Å². The Kier molecular flexibility index (Phi) is 3.96. The monoisotopic (exact) mass is 355 g/mol. The van der Waals surface area contributed by atoms with Crippen molar-refractivity contribution in [1.82, 2.24) is 19.7 Å². The Morgan fingerprint density at radius 1 is 1.08 bits per heavy atom. The minimum absolute atomic E-state index is 0.265. The summed E-state index contributed by atoms with van der Waals surface area (Å²) >= 11 is 0. The average molecular weight is 355 g/mol. The topological polar surface area (TPSA) is 89.8 Å². The van der Waals surface area contributed by atoms with E-state index in [0.717, 1.165) is 31.2 Å². The van der Waals surface area contributed by atoms with Crippen LogP contribution in [0.4, 0.5) is 5.69 Å². The molecule has 0 unspecified atom stereocenters. The van der Waals surface area contributed by atoms with Crippen molar-refractivity contribution >= 4 is 15.7 Å². The van der Waals surface area contributed by atoms with Crippen LogP contribution in [0.25, 0.3) is 5.82 Å². The molecule has 3 aromatic rings. The molecule has 0 saturated heterocycles. The summed E-state index contributed by atoms with van der Waals surface area (Å²) in [6.07, 6.45) is 8.62. The Labute approximate surface area is 145 Å². The van der Waals surface area contributed by atoms with Crippen molar-refractivity contribution in [3.05, 3.63) is 60.3 Å². The molecule has 8 heteroatoms. The number of nitrogens with one attached hydrogen (secondary N) is 1. The van der Waals surface area contributed by atoms with E-state index in [1.54, 1.807) is 30.5 Å². The van der Waals surface area contributed by atoms with Crippen LogP contribution >= 0.6 is 0 Å². The highest BCUT2D eigenvalue weighted by Crippen LogP contribution is 2.26. The summed E-state index contributed by atoms with van der Waals surface area (Å²) in [6.45, 7) is 0. The van der Waals surface area contributed by atoms with Gasteiger partial charge in [-0.1, -0.05) is 6.07 Å². The molecule has 0 atom stereocenters. The van der Waals surface area contributed by atoms with Crippen molar-refractivity contribution in [3.8, 4) is 5.82 Å². The zero-order chi connectivity index (χ0) is 17.3. The quantitative estimate of drug-likeness (QED) is 0.776. The zero-order valence-electron chi connectivity index (χ0n) is 13.5. The summed E-state index contributed by atoms with van der Waals surface area (Å²) in [6, 6.07) is 8.69. The first-order valence-corrected chi connectivity index (χ1v) is 9.56. The van der Waals surface area contributed by atoms with Crippen LogP contribution in [-0.2, 0) is 22.9 Å². The zero-order valence-corrected chi connectivity index (χ0v) is 14.3. The molecule has 0 saturated carbocycles. The predicted molar refractivity (Wildman–Crippen MR) is 93.0 cm³/mol. The molecule has 1 aromatic carbocycles. The number of aromatic nitrogens is 4. The summed E-state index contributed by atoms with van der Waals surface area (Å²) in [5.74, 6) is 0.376. The van der Waals surface area contributed by atoms with E-state index in [-0.39, 0.29) is 4.90 Å². The Hall–Kier alpha value is -2.74. The fourth-order valence-corrected chi connectivity index (χ4v) is 4.17. The second kappa shape index (κ2) is 6.29. The molecule has 7 nitrogen and oxygen atoms in total. The third-order valence-corrected chi connectivity index (χ3v) is 5.66. The van der Waals surface area contributed by atoms with Crippen LogP contribution in [0.5, 0.6) is 0 Å². The number of anilines is 1. The first-order valence-electron chi connectivity index (χ1n) is 8.08. The van der Waals surface area contributed by atoms with Crippen LogP contribution in [0, 0.1) is 0 Å². The van der Waals surface area contributed by atoms with Crippen molar-refractivity contribution in [3.63, 3.8) is 0 Å². The smallest absolute Gasteiger partial charge is 0.262 e. The highest BCUT2D eigenvalue weighted by molar-refractivity contribution is 7.92. The molecule has 2 heterocycles. The number of nitrogens with zero attached hydrogens (tertiary/aromatic N) is 4. The van der Waals surface area contributed by atoms with Crippen LogP contribution in [0.2, 0.25) is 0 Å². The summed E-state index contributed by atoms with van der Waals surface area (Å²) in [7, 11) is -3.71. The molecule has 0 amide bonds. The lowest BCUT2D eigenvalue weighted by Crippen LogP contribution is -2.16. The minimum Gasteiger partial charge on any atom is -0.276 e. The predicted octanol–water partition coefficient (Wildman–Crippen LogP) is 2.34. The van der Waals surface area contributed by atoms with E-state index in [1.165, 1.54) is 22.9 Å². The molecule has 0 fully saturated rings. The van der Waals surface area contributed by atoms with E-state index in [4.69, 9.17) is 0 Å². The molecule has 0 radical (unpaired) electrons. The van der Waals surface area contributed by atoms with Crippen LogP contribution in [0.1, 0.15) is 24.0 Å². The van der Waals surface area contributed by atoms with Crippen molar-refractivity contribution < 1.29 is 8.42 Å². The molecule has 25 heavy (non-hydrogen) atoms. The standard InChI is InChI=1S/C17H17N5O2S/c23-25(24,15-8-7-13-4-1-2-5-14(13)10-15)21-16-6-3-9-19-17(16)22-12-18-11-20-22/h3,6-12,21H,1-2,4-5H2. The lowest BCUT2D eigenvalue weighted by atomic mass is 9.92. The van der Waals surface area contributed by atoms with E-state index in [2.05, 4.69) is 19.8 Å². The van der Waals surface area contributed by atoms with Gasteiger partial charge in [0, 0.05) is 6.20 Å². The Morgan fingerprint density at radius 3 is 2.72 bits per heavy atom. The Balaban J connectivity index is 1.69. The van der Waals surface area contributed by atoms with Gasteiger partial charge in [-0.25, -0.2) is 23.1 Å². The second-order valence-corrected chi connectivity index (χ2v) is 7.64. The lowest BCUT2D eigenvalue weighted by Gasteiger charge is -2.17. The molecule has 2 aromatic heterocycles. The minimum atomic E-state index is -3.71. The van der Waals surface area contributed by atoms with Gasteiger partial charge in [0.25, 0.3) is 10.0 Å². The molecule has 0 spiro atoms. The van der Waals surface area contributed by atoms with Gasteiger partial charge >= 0.3 is 0 Å². The Bertz CT molecular complexity index is 1000. The van der Waals surface area contributed by atoms with Crippen LogP contribution in [0.15, 0.2) is 54.1 Å². The maximum atomic E-state index is 12.8. The first kappa shape index (κ1) is 15.8. The highest BCUT2D eigenvalue weighted by Gasteiger charge is 2.20. The maximum absolute atomic E-state index is 12.8. The van der Waals surface area contributed by atoms with E-state index >= 15 is 0 Å². The number of rotatable bonds is 4. The number of hydrogen-bond donors (Lipinski definition) is 1. The summed E-state index contributed by atoms with van der Waals surface area (Å²) in [4.78, 5) is 8.35. The molecule has 1 aliphatic rings. The van der Waals surface area contributed by atoms with E-state index in [0.29, 0.717) is 11.5 Å². The highest BCUT2D eigenvalue weighted by atomic mass is 32.2. The largest absolute Gasteiger partial charge is 0.276 e. The SMILES string of the molecule is O=S(=O)(Nc1cccnc1-n1cncn1)c1ccc2c(c1)CCCC2. The molecule has 4 rings (SSSR count). The normalized spacial score (nSPS) is 14.1. The summed E-state index contributed by atoms with van der Waals surface area (Å²) in [5.41, 5.74) is 2.72. The van der Waals surface area contributed by atoms with Crippen LogP contribution in [0.3, 0.4) is 0 Å². The summed E-state index contributed by atoms with van der Waals surface area (Å²) in [5, 5.41) is 4.02. The number of aryl methyl sites for hydroxylation is 2. The van der Waals surface area contributed by atoms with E-state index in [1.807, 2.05) is 6.07 Å². The molecule has 128 valence electrons. The third kappa shape index (κ3) is 3.12. The number of sulfonamides is 1. The van der Waals surface area contributed by atoms with Crippen LogP contribution < -0.4 is 4.72 Å². The molecule has 0 bridgehead atoms. The van der Waals surface area contributed by atoms with Gasteiger partial charge in [-0.2, -0.15) is 5.10 Å². The van der Waals surface area contributed by atoms with Gasteiger partial charge in [0.05, 0.1) is 10.6 Å². The summed E-state index contributed by atoms with van der Waals surface area (Å²) < 4.78 is 29.7. The molecule has 1 aliphatic carbocycles. The first-order chi connectivity index (χ1) is 12.1. The van der Waals surface area contributed by atoms with Crippen LogP contribution in [-0.4, -0.2) is 28.2 Å². The van der Waals surface area contributed by atoms with Crippen molar-refractivity contribution in [2.45, 2.75) is 30.6 Å². The van der Waals surface area contributed by atoms with Gasteiger partial charge in [0.1, 0.15) is 12.7 Å². The van der Waals surface area contributed by atoms with E-state index in [9.17, 15) is 8.42 Å². The fourth-order valence-electron chi connectivity index (χ4n) is 3.06. The van der Waals surface area contributed by atoms with Crippen molar-refractivity contribution in [2.75, 3.05) is 4.72 Å². The number of hydrogen-bond acceptors (Lipinski definition) is 5. The second-order valence-electron chi connectivity index (χ2n) is 5.96. The number of pyridine rings is 1. The fraction of sp³-hybridized carbons (Fsp3) is 0.235. The van der Waals surface area contributed by atoms with Gasteiger partial charge in [-0.15, -0.1) is 0 Å². The number of fused-ring (bicyclic) bond motifs is 1. The lowest BCUT2D eigenvalue weighted by molar-refractivity contribution is 0.600. The number of benzene rings is 1. The van der Waals surface area contributed by atoms with Gasteiger partial charge < -0.3 is 0 Å². The molecular weight excluding hydrogens is 338 g/mol. The third-order valence-electron chi connectivity index (χ3n) is 4.30.